The zero-order valence-corrected chi connectivity index (χ0v) is 9.48. The van der Waals surface area contributed by atoms with Crippen molar-refractivity contribution in [3.8, 4) is 0 Å². The van der Waals surface area contributed by atoms with Gasteiger partial charge in [0.25, 0.3) is 5.82 Å². The van der Waals surface area contributed by atoms with E-state index >= 15 is 0 Å². The largest absolute Gasteiger partial charge is 0.463 e. The van der Waals surface area contributed by atoms with E-state index in [1.54, 1.807) is 0 Å². The van der Waals surface area contributed by atoms with Crippen molar-refractivity contribution >= 4 is 5.97 Å². The molecule has 0 fully saturated rings. The summed E-state index contributed by atoms with van der Waals surface area (Å²) in [5, 5.41) is 7.64. The molecular formula is C10H13N3O3. The first kappa shape index (κ1) is 10.9. The van der Waals surface area contributed by atoms with Crippen molar-refractivity contribution in [2.45, 2.75) is 32.5 Å². The van der Waals surface area contributed by atoms with Gasteiger partial charge < -0.3 is 9.47 Å². The lowest BCUT2D eigenvalue weighted by Gasteiger charge is -2.20. The van der Waals surface area contributed by atoms with Crippen molar-refractivity contribution in [3.05, 3.63) is 17.2 Å². The second kappa shape index (κ2) is 3.79. The maximum atomic E-state index is 11.3. The summed E-state index contributed by atoms with van der Waals surface area (Å²) < 4.78 is 10.2. The molecule has 0 saturated carbocycles. The molecule has 1 aromatic rings. The third kappa shape index (κ3) is 1.55. The van der Waals surface area contributed by atoms with Crippen LogP contribution in [-0.4, -0.2) is 28.3 Å². The van der Waals surface area contributed by atoms with Gasteiger partial charge in [-0.15, -0.1) is 10.2 Å². The number of hydrogen-bond acceptors (Lipinski definition) is 6. The number of rotatable bonds is 2. The smallest absolute Gasteiger partial charge is 0.377 e. The predicted molar refractivity (Wildman–Crippen MR) is 53.6 cm³/mol. The number of carbonyl (C=O) groups is 1. The third-order valence-corrected chi connectivity index (χ3v) is 2.83. The number of carbonyl (C=O) groups excluding carboxylic acids is 1. The maximum absolute atomic E-state index is 11.3. The van der Waals surface area contributed by atoms with Crippen LogP contribution in [0, 0.1) is 0 Å². The number of hydrogen-bond donors (Lipinski definition) is 0. The Balaban J connectivity index is 2.45. The quantitative estimate of drug-likeness (QED) is 0.691. The minimum Gasteiger partial charge on any atom is -0.463 e. The Morgan fingerprint density at radius 3 is 2.94 bits per heavy atom. The summed E-state index contributed by atoms with van der Waals surface area (Å²) in [7, 11) is 1.29. The Kier molecular flexibility index (Phi) is 2.59. The Bertz CT molecular complexity index is 435. The fourth-order valence-corrected chi connectivity index (χ4v) is 1.61. The highest BCUT2D eigenvalue weighted by Gasteiger charge is 2.37. The summed E-state index contributed by atoms with van der Waals surface area (Å²) in [4.78, 5) is 15.5. The molecule has 0 amide bonds. The summed E-state index contributed by atoms with van der Waals surface area (Å²) in [6.07, 6.45) is 0.763. The Morgan fingerprint density at radius 1 is 1.56 bits per heavy atom. The van der Waals surface area contributed by atoms with Gasteiger partial charge >= 0.3 is 5.97 Å². The molecule has 1 atom stereocenters. The van der Waals surface area contributed by atoms with Gasteiger partial charge in [-0.3, -0.25) is 0 Å². The van der Waals surface area contributed by atoms with Crippen molar-refractivity contribution in [1.29, 1.82) is 0 Å². The van der Waals surface area contributed by atoms with Crippen LogP contribution in [0.3, 0.4) is 0 Å². The summed E-state index contributed by atoms with van der Waals surface area (Å²) >= 11 is 0. The molecule has 0 N–H and O–H groups in total. The van der Waals surface area contributed by atoms with Gasteiger partial charge in [0, 0.05) is 0 Å². The van der Waals surface area contributed by atoms with Crippen LogP contribution in [0.1, 0.15) is 42.3 Å². The number of esters is 1. The molecule has 0 saturated heterocycles. The molecule has 1 aliphatic rings. The van der Waals surface area contributed by atoms with Crippen molar-refractivity contribution in [2.75, 3.05) is 7.11 Å². The number of methoxy groups -OCH3 is 1. The van der Waals surface area contributed by atoms with Gasteiger partial charge in [-0.25, -0.2) is 9.78 Å². The summed E-state index contributed by atoms with van der Waals surface area (Å²) in [5.41, 5.74) is 0.899. The number of fused-ring (bicyclic) bond motifs is 1. The van der Waals surface area contributed by atoms with E-state index in [1.165, 1.54) is 7.11 Å². The fourth-order valence-electron chi connectivity index (χ4n) is 1.61. The SMILES string of the molecule is CCC1(C)OCc2nnc(C(=O)OC)nc21. The van der Waals surface area contributed by atoms with Gasteiger partial charge in [-0.2, -0.15) is 0 Å². The van der Waals surface area contributed by atoms with E-state index in [0.717, 1.165) is 6.42 Å². The first-order valence-corrected chi connectivity index (χ1v) is 5.07. The number of aromatic nitrogens is 3. The average molecular weight is 223 g/mol. The zero-order chi connectivity index (χ0) is 11.8. The lowest BCUT2D eigenvalue weighted by atomic mass is 9.99. The minimum absolute atomic E-state index is 0.0218. The summed E-state index contributed by atoms with van der Waals surface area (Å²) in [6, 6.07) is 0. The van der Waals surface area contributed by atoms with Crippen LogP contribution >= 0.6 is 0 Å². The van der Waals surface area contributed by atoms with Gasteiger partial charge in [0.05, 0.1) is 13.7 Å². The van der Waals surface area contributed by atoms with E-state index in [4.69, 9.17) is 4.74 Å². The third-order valence-electron chi connectivity index (χ3n) is 2.83. The first-order valence-electron chi connectivity index (χ1n) is 5.07. The fraction of sp³-hybridized carbons (Fsp3) is 0.600. The van der Waals surface area contributed by atoms with Crippen LogP contribution < -0.4 is 0 Å². The van der Waals surface area contributed by atoms with Crippen molar-refractivity contribution in [3.63, 3.8) is 0 Å². The molecule has 16 heavy (non-hydrogen) atoms. The average Bonchev–Trinajstić information content (AvgIpc) is 2.66. The standard InChI is InChI=1S/C10H13N3O3/c1-4-10(2)7-6(5-16-10)12-13-8(11-7)9(14)15-3/h4-5H2,1-3H3. The topological polar surface area (TPSA) is 74.2 Å². The number of ether oxygens (including phenoxy) is 2. The molecule has 0 bridgehead atoms. The Hall–Kier alpha value is -1.56. The Labute approximate surface area is 93.0 Å². The van der Waals surface area contributed by atoms with Crippen molar-refractivity contribution in [2.24, 2.45) is 0 Å². The normalized spacial score (nSPS) is 22.9. The van der Waals surface area contributed by atoms with Crippen LogP contribution in [0.25, 0.3) is 0 Å². The minimum atomic E-state index is -0.583. The van der Waals surface area contributed by atoms with Crippen LogP contribution in [0.15, 0.2) is 0 Å². The Morgan fingerprint density at radius 2 is 2.31 bits per heavy atom. The van der Waals surface area contributed by atoms with Crippen molar-refractivity contribution < 1.29 is 14.3 Å². The summed E-state index contributed by atoms with van der Waals surface area (Å²) in [5.74, 6) is -0.605. The lowest BCUT2D eigenvalue weighted by molar-refractivity contribution is -0.0286. The molecule has 0 spiro atoms. The number of nitrogens with zero attached hydrogens (tertiary/aromatic N) is 3. The van der Waals surface area contributed by atoms with Gasteiger partial charge in [-0.05, 0) is 13.3 Å². The molecular weight excluding hydrogens is 210 g/mol. The van der Waals surface area contributed by atoms with Gasteiger partial charge in [0.2, 0.25) is 0 Å². The highest BCUT2D eigenvalue weighted by molar-refractivity contribution is 5.84. The summed E-state index contributed by atoms with van der Waals surface area (Å²) in [6.45, 7) is 4.31. The van der Waals surface area contributed by atoms with Crippen LogP contribution in [0.4, 0.5) is 0 Å². The van der Waals surface area contributed by atoms with Gasteiger partial charge in [0.15, 0.2) is 0 Å². The predicted octanol–water partition coefficient (Wildman–Crippen LogP) is 0.814. The van der Waals surface area contributed by atoms with Gasteiger partial charge in [-0.1, -0.05) is 6.92 Å². The van der Waals surface area contributed by atoms with Crippen molar-refractivity contribution in [1.82, 2.24) is 15.2 Å². The second-order valence-corrected chi connectivity index (χ2v) is 3.80. The molecule has 2 heterocycles. The van der Waals surface area contributed by atoms with Crippen LogP contribution in [0.5, 0.6) is 0 Å². The molecule has 2 rings (SSSR count). The monoisotopic (exact) mass is 223 g/mol. The molecule has 86 valence electrons. The van der Waals surface area contributed by atoms with E-state index in [0.29, 0.717) is 18.0 Å². The van der Waals surface area contributed by atoms with E-state index in [9.17, 15) is 4.79 Å². The lowest BCUT2D eigenvalue weighted by Crippen LogP contribution is -2.22. The molecule has 1 unspecified atom stereocenters. The van der Waals surface area contributed by atoms with E-state index < -0.39 is 11.6 Å². The van der Waals surface area contributed by atoms with E-state index in [-0.39, 0.29) is 5.82 Å². The zero-order valence-electron chi connectivity index (χ0n) is 9.48. The van der Waals surface area contributed by atoms with Gasteiger partial charge in [0.1, 0.15) is 17.0 Å². The molecule has 0 aliphatic carbocycles. The molecule has 1 aromatic heterocycles. The highest BCUT2D eigenvalue weighted by Crippen LogP contribution is 2.35. The molecule has 0 aromatic carbocycles. The highest BCUT2D eigenvalue weighted by atomic mass is 16.5. The van der Waals surface area contributed by atoms with Crippen LogP contribution in [-0.2, 0) is 21.7 Å². The van der Waals surface area contributed by atoms with E-state index in [1.807, 2.05) is 13.8 Å². The van der Waals surface area contributed by atoms with Crippen LogP contribution in [0.2, 0.25) is 0 Å². The molecule has 6 heteroatoms. The molecule has 6 nitrogen and oxygen atoms in total. The maximum Gasteiger partial charge on any atom is 0.377 e. The van der Waals surface area contributed by atoms with E-state index in [2.05, 4.69) is 19.9 Å². The second-order valence-electron chi connectivity index (χ2n) is 3.80. The molecule has 1 aliphatic heterocycles. The first-order chi connectivity index (χ1) is 7.60. The molecule has 0 radical (unpaired) electrons.